The Bertz CT molecular complexity index is 275. The Balaban J connectivity index is 2.45. The third-order valence-corrected chi connectivity index (χ3v) is 2.56. The fraction of sp³-hybridized carbons (Fsp3) is 0.625. The summed E-state index contributed by atoms with van der Waals surface area (Å²) in [5.74, 6) is 0. The predicted octanol–water partition coefficient (Wildman–Crippen LogP) is 0.992. The third kappa shape index (κ3) is 0.807. The highest BCUT2D eigenvalue weighted by molar-refractivity contribution is 5.29. The van der Waals surface area contributed by atoms with E-state index in [-0.39, 0.29) is 11.5 Å². The largest absolute Gasteiger partial charge is 0.323 e. The second-order valence-electron chi connectivity index (χ2n) is 3.95. The van der Waals surface area contributed by atoms with Crippen LogP contribution in [0.2, 0.25) is 0 Å². The number of aromatic nitrogens is 2. The molecule has 1 aliphatic rings. The van der Waals surface area contributed by atoms with E-state index in [2.05, 4.69) is 24.0 Å². The highest BCUT2D eigenvalue weighted by Crippen LogP contribution is 2.42. The van der Waals surface area contributed by atoms with Crippen molar-refractivity contribution >= 4 is 0 Å². The van der Waals surface area contributed by atoms with Crippen LogP contribution in [0.15, 0.2) is 6.20 Å². The number of H-pyrrole nitrogens is 1. The molecule has 0 amide bonds. The molecule has 0 aliphatic heterocycles. The molecule has 2 rings (SSSR count). The quantitative estimate of drug-likeness (QED) is 0.581. The average Bonchev–Trinajstić information content (AvgIpc) is 2.39. The van der Waals surface area contributed by atoms with Gasteiger partial charge in [0.05, 0.1) is 6.20 Å². The van der Waals surface area contributed by atoms with Gasteiger partial charge in [0.2, 0.25) is 0 Å². The summed E-state index contributed by atoms with van der Waals surface area (Å²) in [6.07, 6.45) is 2.86. The van der Waals surface area contributed by atoms with Gasteiger partial charge in [0.1, 0.15) is 0 Å². The first-order valence-corrected chi connectivity index (χ1v) is 3.89. The smallest absolute Gasteiger partial charge is 0.0538 e. The topological polar surface area (TPSA) is 54.7 Å². The summed E-state index contributed by atoms with van der Waals surface area (Å²) >= 11 is 0. The van der Waals surface area contributed by atoms with Crippen molar-refractivity contribution in [3.8, 4) is 0 Å². The first-order chi connectivity index (χ1) is 5.11. The molecule has 0 radical (unpaired) electrons. The van der Waals surface area contributed by atoms with Crippen LogP contribution < -0.4 is 5.73 Å². The van der Waals surface area contributed by atoms with Crippen LogP contribution in [0, 0.1) is 5.41 Å². The maximum absolute atomic E-state index is 6.01. The Kier molecular flexibility index (Phi) is 1.16. The van der Waals surface area contributed by atoms with Crippen molar-refractivity contribution in [3.05, 3.63) is 17.5 Å². The van der Waals surface area contributed by atoms with Crippen molar-refractivity contribution in [2.75, 3.05) is 0 Å². The lowest BCUT2D eigenvalue weighted by Gasteiger charge is -2.22. The zero-order valence-electron chi connectivity index (χ0n) is 6.89. The number of hydrogen-bond acceptors (Lipinski definition) is 2. The highest BCUT2D eigenvalue weighted by Gasteiger charge is 2.37. The van der Waals surface area contributed by atoms with Gasteiger partial charge in [-0.15, -0.1) is 0 Å². The third-order valence-electron chi connectivity index (χ3n) is 2.56. The molecule has 0 fully saturated rings. The van der Waals surface area contributed by atoms with Gasteiger partial charge >= 0.3 is 0 Å². The van der Waals surface area contributed by atoms with Crippen LogP contribution in [0.1, 0.15) is 31.1 Å². The molecule has 3 heteroatoms. The van der Waals surface area contributed by atoms with Gasteiger partial charge in [-0.3, -0.25) is 5.10 Å². The van der Waals surface area contributed by atoms with Gasteiger partial charge in [-0.05, 0) is 11.8 Å². The fourth-order valence-electron chi connectivity index (χ4n) is 1.72. The number of nitrogens with zero attached hydrogens (tertiary/aromatic N) is 1. The average molecular weight is 151 g/mol. The summed E-state index contributed by atoms with van der Waals surface area (Å²) in [6.45, 7) is 4.37. The second-order valence-corrected chi connectivity index (χ2v) is 3.95. The van der Waals surface area contributed by atoms with E-state index >= 15 is 0 Å². The maximum Gasteiger partial charge on any atom is 0.0538 e. The molecule has 0 spiro atoms. The maximum atomic E-state index is 6.01. The lowest BCUT2D eigenvalue weighted by Crippen LogP contribution is -2.25. The van der Waals surface area contributed by atoms with Gasteiger partial charge in [0.25, 0.3) is 0 Å². The number of nitrogens with two attached hydrogens (primary N) is 1. The number of rotatable bonds is 0. The van der Waals surface area contributed by atoms with Gasteiger partial charge in [-0.25, -0.2) is 0 Å². The first-order valence-electron chi connectivity index (χ1n) is 3.89. The van der Waals surface area contributed by atoms with E-state index in [9.17, 15) is 0 Å². The summed E-state index contributed by atoms with van der Waals surface area (Å²) in [4.78, 5) is 0. The number of aromatic amines is 1. The number of hydrogen-bond donors (Lipinski definition) is 2. The van der Waals surface area contributed by atoms with E-state index in [1.165, 1.54) is 11.3 Å². The molecular formula is C8H13N3. The molecule has 1 heterocycles. The molecule has 0 saturated carbocycles. The van der Waals surface area contributed by atoms with Crippen LogP contribution in [0.4, 0.5) is 0 Å². The fourth-order valence-corrected chi connectivity index (χ4v) is 1.72. The van der Waals surface area contributed by atoms with Crippen molar-refractivity contribution in [1.29, 1.82) is 0 Å². The Morgan fingerprint density at radius 1 is 1.73 bits per heavy atom. The summed E-state index contributed by atoms with van der Waals surface area (Å²) in [7, 11) is 0. The van der Waals surface area contributed by atoms with Gasteiger partial charge in [0.15, 0.2) is 0 Å². The monoisotopic (exact) mass is 151 g/mol. The molecule has 1 atom stereocenters. The lowest BCUT2D eigenvalue weighted by atomic mass is 9.86. The summed E-state index contributed by atoms with van der Waals surface area (Å²) in [5.41, 5.74) is 8.61. The van der Waals surface area contributed by atoms with Crippen molar-refractivity contribution in [2.45, 2.75) is 26.3 Å². The van der Waals surface area contributed by atoms with E-state index in [0.717, 1.165) is 6.42 Å². The van der Waals surface area contributed by atoms with E-state index < -0.39 is 0 Å². The highest BCUT2D eigenvalue weighted by atomic mass is 15.1. The van der Waals surface area contributed by atoms with Crippen molar-refractivity contribution in [1.82, 2.24) is 10.2 Å². The minimum Gasteiger partial charge on any atom is -0.323 e. The molecule has 0 bridgehead atoms. The number of fused-ring (bicyclic) bond motifs is 1. The van der Waals surface area contributed by atoms with E-state index in [0.29, 0.717) is 0 Å². The van der Waals surface area contributed by atoms with Gasteiger partial charge < -0.3 is 5.73 Å². The number of nitrogens with one attached hydrogen (secondary N) is 1. The predicted molar refractivity (Wildman–Crippen MR) is 43.0 cm³/mol. The normalized spacial score (nSPS) is 27.0. The van der Waals surface area contributed by atoms with Crippen molar-refractivity contribution in [2.24, 2.45) is 11.1 Å². The van der Waals surface area contributed by atoms with Gasteiger partial charge in [0, 0.05) is 17.3 Å². The standard InChI is InChI=1S/C8H13N3/c1-8(2)3-6-5(7(8)9)4-10-11-6/h4,7H,3,9H2,1-2H3,(H,10,11). The van der Waals surface area contributed by atoms with E-state index in [1.807, 2.05) is 6.20 Å². The molecule has 1 aliphatic carbocycles. The molecule has 1 aromatic heterocycles. The van der Waals surface area contributed by atoms with Crippen LogP contribution in [-0.4, -0.2) is 10.2 Å². The Morgan fingerprint density at radius 3 is 3.09 bits per heavy atom. The van der Waals surface area contributed by atoms with E-state index in [4.69, 9.17) is 5.73 Å². The molecule has 3 N–H and O–H groups in total. The van der Waals surface area contributed by atoms with Crippen LogP contribution in [0.25, 0.3) is 0 Å². The molecule has 3 nitrogen and oxygen atoms in total. The van der Waals surface area contributed by atoms with Gasteiger partial charge in [-0.1, -0.05) is 13.8 Å². The summed E-state index contributed by atoms with van der Waals surface area (Å²) in [6, 6.07) is 0.149. The summed E-state index contributed by atoms with van der Waals surface area (Å²) < 4.78 is 0. The first kappa shape index (κ1) is 6.85. The van der Waals surface area contributed by atoms with Crippen LogP contribution in [0.5, 0.6) is 0 Å². The molecule has 1 aromatic rings. The molecular weight excluding hydrogens is 138 g/mol. The molecule has 60 valence electrons. The summed E-state index contributed by atoms with van der Waals surface area (Å²) in [5, 5.41) is 6.93. The Labute approximate surface area is 66.0 Å². The lowest BCUT2D eigenvalue weighted by molar-refractivity contribution is 0.316. The minimum atomic E-state index is 0.149. The second kappa shape index (κ2) is 1.85. The SMILES string of the molecule is CC1(C)Cc2[nH]ncc2C1N. The van der Waals surface area contributed by atoms with Crippen LogP contribution >= 0.6 is 0 Å². The van der Waals surface area contributed by atoms with Gasteiger partial charge in [-0.2, -0.15) is 5.10 Å². The molecule has 0 aromatic carbocycles. The molecule has 0 saturated heterocycles. The molecule has 1 unspecified atom stereocenters. The zero-order valence-corrected chi connectivity index (χ0v) is 6.89. The van der Waals surface area contributed by atoms with Crippen molar-refractivity contribution < 1.29 is 0 Å². The van der Waals surface area contributed by atoms with Crippen LogP contribution in [0.3, 0.4) is 0 Å². The molecule has 11 heavy (non-hydrogen) atoms. The van der Waals surface area contributed by atoms with Crippen molar-refractivity contribution in [3.63, 3.8) is 0 Å². The zero-order chi connectivity index (χ0) is 8.06. The van der Waals surface area contributed by atoms with Crippen LogP contribution in [-0.2, 0) is 6.42 Å². The van der Waals surface area contributed by atoms with E-state index in [1.54, 1.807) is 0 Å². The Morgan fingerprint density at radius 2 is 2.45 bits per heavy atom. The Hall–Kier alpha value is -0.830. The minimum absolute atomic E-state index is 0.149.